The van der Waals surface area contributed by atoms with Crippen LogP contribution >= 0.6 is 0 Å². The van der Waals surface area contributed by atoms with Crippen molar-refractivity contribution in [1.82, 2.24) is 10.2 Å². The van der Waals surface area contributed by atoms with Crippen LogP contribution in [-0.2, 0) is 16.0 Å². The SMILES string of the molecule is Cc1c(F)cc(CCC(=O)O)cc1NC(=O)/C=C/c1cc2[nH]nc(C#N)c2cc1F. The molecule has 0 bridgehead atoms. The van der Waals surface area contributed by atoms with Crippen LogP contribution in [0.3, 0.4) is 0 Å². The summed E-state index contributed by atoms with van der Waals surface area (Å²) < 4.78 is 28.4. The number of benzene rings is 2. The Labute approximate surface area is 169 Å². The minimum Gasteiger partial charge on any atom is -0.481 e. The van der Waals surface area contributed by atoms with Gasteiger partial charge in [0.2, 0.25) is 5.91 Å². The number of halogens is 2. The maximum atomic E-state index is 14.3. The van der Waals surface area contributed by atoms with E-state index in [-0.39, 0.29) is 35.3 Å². The predicted molar refractivity (Wildman–Crippen MR) is 106 cm³/mol. The number of H-pyrrole nitrogens is 1. The highest BCUT2D eigenvalue weighted by atomic mass is 19.1. The van der Waals surface area contributed by atoms with Crippen molar-refractivity contribution in [2.24, 2.45) is 0 Å². The third-order valence-electron chi connectivity index (χ3n) is 4.49. The van der Waals surface area contributed by atoms with Crippen LogP contribution in [0.25, 0.3) is 17.0 Å². The summed E-state index contributed by atoms with van der Waals surface area (Å²) in [5.74, 6) is -2.83. The van der Waals surface area contributed by atoms with Crippen molar-refractivity contribution in [2.45, 2.75) is 19.8 Å². The first-order valence-electron chi connectivity index (χ1n) is 8.86. The van der Waals surface area contributed by atoms with Gasteiger partial charge in [-0.1, -0.05) is 0 Å². The number of aliphatic carboxylic acids is 1. The highest BCUT2D eigenvalue weighted by Gasteiger charge is 2.12. The van der Waals surface area contributed by atoms with E-state index in [4.69, 9.17) is 10.4 Å². The second-order valence-corrected chi connectivity index (χ2v) is 6.57. The standard InChI is InChI=1S/C21H16F2N4O3/c1-11-15(22)6-12(2-5-21(29)30)7-17(11)25-20(28)4-3-13-8-18-14(9-16(13)23)19(10-24)27-26-18/h3-4,6-9H,2,5H2,1H3,(H,25,28)(H,26,27)(H,29,30)/b4-3+. The summed E-state index contributed by atoms with van der Waals surface area (Å²) in [7, 11) is 0. The Kier molecular flexibility index (Phi) is 5.88. The van der Waals surface area contributed by atoms with Crippen LogP contribution < -0.4 is 5.32 Å². The lowest BCUT2D eigenvalue weighted by molar-refractivity contribution is -0.137. The number of anilines is 1. The molecule has 0 unspecified atom stereocenters. The zero-order valence-electron chi connectivity index (χ0n) is 15.8. The van der Waals surface area contributed by atoms with E-state index in [1.165, 1.54) is 31.2 Å². The summed E-state index contributed by atoms with van der Waals surface area (Å²) in [6.07, 6.45) is 2.29. The molecule has 0 spiro atoms. The van der Waals surface area contributed by atoms with Gasteiger partial charge in [0, 0.05) is 34.7 Å². The van der Waals surface area contributed by atoms with Crippen LogP contribution in [0.2, 0.25) is 0 Å². The van der Waals surface area contributed by atoms with Gasteiger partial charge in [-0.3, -0.25) is 14.7 Å². The number of amides is 1. The fourth-order valence-corrected chi connectivity index (χ4v) is 2.87. The summed E-state index contributed by atoms with van der Waals surface area (Å²) in [6.45, 7) is 1.48. The van der Waals surface area contributed by atoms with Crippen molar-refractivity contribution in [3.8, 4) is 6.07 Å². The molecule has 0 aliphatic heterocycles. The van der Waals surface area contributed by atoms with Crippen LogP contribution in [-0.4, -0.2) is 27.2 Å². The number of aromatic amines is 1. The molecule has 2 aromatic carbocycles. The number of nitriles is 1. The number of fused-ring (bicyclic) bond motifs is 1. The van der Waals surface area contributed by atoms with Gasteiger partial charge >= 0.3 is 5.97 Å². The molecule has 0 aliphatic carbocycles. The van der Waals surface area contributed by atoms with E-state index in [1.54, 1.807) is 0 Å². The minimum absolute atomic E-state index is 0.0671. The first kappa shape index (κ1) is 20.7. The van der Waals surface area contributed by atoms with Crippen molar-refractivity contribution >= 4 is 34.5 Å². The van der Waals surface area contributed by atoms with Crippen LogP contribution in [0.5, 0.6) is 0 Å². The number of carboxylic acids is 1. The Bertz CT molecular complexity index is 1230. The number of nitrogens with one attached hydrogen (secondary N) is 2. The van der Waals surface area contributed by atoms with E-state index in [0.717, 1.165) is 12.1 Å². The maximum absolute atomic E-state index is 14.3. The lowest BCUT2D eigenvalue weighted by Gasteiger charge is -2.10. The van der Waals surface area contributed by atoms with E-state index in [9.17, 15) is 18.4 Å². The Morgan fingerprint density at radius 2 is 2.03 bits per heavy atom. The smallest absolute Gasteiger partial charge is 0.303 e. The van der Waals surface area contributed by atoms with Crippen LogP contribution in [0.4, 0.5) is 14.5 Å². The van der Waals surface area contributed by atoms with Crippen LogP contribution in [0.15, 0.2) is 30.3 Å². The first-order valence-corrected chi connectivity index (χ1v) is 8.86. The number of nitrogens with zero attached hydrogens (tertiary/aromatic N) is 2. The average Bonchev–Trinajstić information content (AvgIpc) is 3.09. The van der Waals surface area contributed by atoms with Gasteiger partial charge in [0.25, 0.3) is 0 Å². The first-order chi connectivity index (χ1) is 14.3. The Morgan fingerprint density at radius 1 is 1.27 bits per heavy atom. The van der Waals surface area contributed by atoms with Crippen LogP contribution in [0, 0.1) is 29.9 Å². The number of hydrogen-bond donors (Lipinski definition) is 3. The summed E-state index contributed by atoms with van der Waals surface area (Å²) in [6, 6.07) is 7.16. The van der Waals surface area contributed by atoms with E-state index in [1.807, 2.05) is 6.07 Å². The molecule has 0 saturated carbocycles. The topological polar surface area (TPSA) is 119 Å². The molecule has 3 rings (SSSR count). The van der Waals surface area contributed by atoms with Gasteiger partial charge in [0.1, 0.15) is 17.7 Å². The molecule has 9 heteroatoms. The van der Waals surface area contributed by atoms with Gasteiger partial charge in [-0.2, -0.15) is 10.4 Å². The summed E-state index contributed by atoms with van der Waals surface area (Å²) >= 11 is 0. The van der Waals surface area contributed by atoms with E-state index in [0.29, 0.717) is 16.5 Å². The second-order valence-electron chi connectivity index (χ2n) is 6.57. The number of aromatic nitrogens is 2. The van der Waals surface area contributed by atoms with E-state index in [2.05, 4.69) is 15.5 Å². The van der Waals surface area contributed by atoms with Crippen molar-refractivity contribution in [3.05, 3.63) is 64.4 Å². The van der Waals surface area contributed by atoms with Gasteiger partial charge in [-0.15, -0.1) is 0 Å². The largest absolute Gasteiger partial charge is 0.481 e. The number of rotatable bonds is 6. The van der Waals surface area contributed by atoms with Gasteiger partial charge in [0.05, 0.1) is 5.52 Å². The summed E-state index contributed by atoms with van der Waals surface area (Å²) in [5.41, 5.74) is 1.44. The summed E-state index contributed by atoms with van der Waals surface area (Å²) in [5, 5.41) is 27.0. The molecule has 0 radical (unpaired) electrons. The quantitative estimate of drug-likeness (QED) is 0.536. The molecule has 1 aromatic heterocycles. The monoisotopic (exact) mass is 410 g/mol. The number of carbonyl (C=O) groups is 2. The molecule has 0 fully saturated rings. The third kappa shape index (κ3) is 4.50. The molecular formula is C21H16F2N4O3. The second kappa shape index (κ2) is 8.53. The molecule has 152 valence electrons. The Hall–Kier alpha value is -4.06. The molecule has 3 aromatic rings. The molecule has 1 heterocycles. The molecule has 1 amide bonds. The third-order valence-corrected chi connectivity index (χ3v) is 4.49. The number of carboxylic acid groups (broad SMARTS) is 1. The molecule has 0 atom stereocenters. The van der Waals surface area contributed by atoms with Gasteiger partial charge in [0.15, 0.2) is 5.69 Å². The zero-order chi connectivity index (χ0) is 21.8. The number of hydrogen-bond acceptors (Lipinski definition) is 4. The van der Waals surface area contributed by atoms with Crippen LogP contribution in [0.1, 0.15) is 28.8 Å². The van der Waals surface area contributed by atoms with E-state index >= 15 is 0 Å². The Morgan fingerprint density at radius 3 is 2.73 bits per heavy atom. The minimum atomic E-state index is -1.01. The Balaban J connectivity index is 1.79. The average molecular weight is 410 g/mol. The van der Waals surface area contributed by atoms with Gasteiger partial charge < -0.3 is 10.4 Å². The molecule has 7 nitrogen and oxygen atoms in total. The van der Waals surface area contributed by atoms with Crippen molar-refractivity contribution in [1.29, 1.82) is 5.26 Å². The number of aryl methyl sites for hydroxylation is 1. The van der Waals surface area contributed by atoms with Gasteiger partial charge in [-0.05, 0) is 49.2 Å². The normalized spacial score (nSPS) is 11.0. The molecule has 3 N–H and O–H groups in total. The van der Waals surface area contributed by atoms with Crippen molar-refractivity contribution in [3.63, 3.8) is 0 Å². The predicted octanol–water partition coefficient (Wildman–Crippen LogP) is 3.69. The van der Waals surface area contributed by atoms with Gasteiger partial charge in [-0.25, -0.2) is 8.78 Å². The molecule has 30 heavy (non-hydrogen) atoms. The van der Waals surface area contributed by atoms with E-state index < -0.39 is 23.5 Å². The number of carbonyl (C=O) groups excluding carboxylic acids is 1. The fraction of sp³-hybridized carbons (Fsp3) is 0.143. The fourth-order valence-electron chi connectivity index (χ4n) is 2.87. The molecule has 0 aliphatic rings. The van der Waals surface area contributed by atoms with Crippen molar-refractivity contribution in [2.75, 3.05) is 5.32 Å². The maximum Gasteiger partial charge on any atom is 0.303 e. The summed E-state index contributed by atoms with van der Waals surface area (Å²) in [4.78, 5) is 23.0. The molecule has 0 saturated heterocycles. The highest BCUT2D eigenvalue weighted by molar-refractivity contribution is 6.02. The highest BCUT2D eigenvalue weighted by Crippen LogP contribution is 2.23. The zero-order valence-corrected chi connectivity index (χ0v) is 15.8. The lowest BCUT2D eigenvalue weighted by atomic mass is 10.0. The lowest BCUT2D eigenvalue weighted by Crippen LogP contribution is -2.10. The molecular weight excluding hydrogens is 394 g/mol. The van der Waals surface area contributed by atoms with Crippen molar-refractivity contribution < 1.29 is 23.5 Å².